The highest BCUT2D eigenvalue weighted by Crippen LogP contribution is 2.31. The van der Waals surface area contributed by atoms with E-state index in [1.165, 1.54) is 12.1 Å². The molecular weight excluding hydrogens is 347 g/mol. The van der Waals surface area contributed by atoms with Crippen molar-refractivity contribution in [2.75, 3.05) is 31.1 Å². The zero-order chi connectivity index (χ0) is 18.4. The summed E-state index contributed by atoms with van der Waals surface area (Å²) in [6.45, 7) is 2.83. The highest BCUT2D eigenvalue weighted by Gasteiger charge is 2.35. The van der Waals surface area contributed by atoms with Crippen LogP contribution in [-0.4, -0.2) is 56.6 Å². The van der Waals surface area contributed by atoms with Gasteiger partial charge >= 0.3 is 0 Å². The molecule has 3 heterocycles. The van der Waals surface area contributed by atoms with E-state index in [1.807, 2.05) is 15.4 Å². The minimum absolute atomic E-state index is 0.253. The maximum atomic E-state index is 13.6. The molecule has 7 nitrogen and oxygen atoms in total. The summed E-state index contributed by atoms with van der Waals surface area (Å²) in [4.78, 5) is 20.8. The molecule has 1 saturated heterocycles. The smallest absolute Gasteiger partial charge is 0.225 e. The molecule has 1 saturated carbocycles. The second-order valence-electron chi connectivity index (χ2n) is 7.07. The molecule has 1 aliphatic carbocycles. The van der Waals surface area contributed by atoms with Crippen LogP contribution in [0.5, 0.6) is 0 Å². The molecular formula is C19H19FN6O. The summed E-state index contributed by atoms with van der Waals surface area (Å²) in [5, 5.41) is 8.55. The fourth-order valence-electron chi connectivity index (χ4n) is 3.59. The van der Waals surface area contributed by atoms with Crippen LogP contribution in [0.2, 0.25) is 0 Å². The summed E-state index contributed by atoms with van der Waals surface area (Å²) in [7, 11) is 0. The molecule has 1 aromatic carbocycles. The standard InChI is InChI=1S/C19H19FN6O/c20-15-3-1-2-14(12-15)16-22-23-18-17(21-6-7-26(16)18)24-8-10-25(11-9-24)19(27)13-4-5-13/h1-3,6-7,12-13H,4-5,8-11H2. The van der Waals surface area contributed by atoms with Crippen molar-refractivity contribution in [2.24, 2.45) is 5.92 Å². The topological polar surface area (TPSA) is 66.6 Å². The number of carbonyl (C=O) groups excluding carboxylic acids is 1. The summed E-state index contributed by atoms with van der Waals surface area (Å²) in [5.74, 6) is 1.55. The SMILES string of the molecule is O=C(C1CC1)N1CCN(c2nccn3c(-c4cccc(F)c4)nnc23)CC1. The summed E-state index contributed by atoms with van der Waals surface area (Å²) < 4.78 is 15.4. The van der Waals surface area contributed by atoms with E-state index < -0.39 is 0 Å². The molecule has 27 heavy (non-hydrogen) atoms. The fourth-order valence-corrected chi connectivity index (χ4v) is 3.59. The van der Waals surface area contributed by atoms with Gasteiger partial charge in [0.1, 0.15) is 5.82 Å². The number of carbonyl (C=O) groups is 1. The molecule has 0 spiro atoms. The van der Waals surface area contributed by atoms with E-state index in [1.54, 1.807) is 18.5 Å². The van der Waals surface area contributed by atoms with Crippen LogP contribution in [-0.2, 0) is 4.79 Å². The van der Waals surface area contributed by atoms with Crippen molar-refractivity contribution in [3.05, 3.63) is 42.5 Å². The fraction of sp³-hybridized carbons (Fsp3) is 0.368. The number of piperazine rings is 1. The van der Waals surface area contributed by atoms with E-state index in [0.717, 1.165) is 18.7 Å². The van der Waals surface area contributed by atoms with Gasteiger partial charge in [-0.1, -0.05) is 12.1 Å². The number of aromatic nitrogens is 4. The molecule has 5 rings (SSSR count). The Morgan fingerprint density at radius 1 is 1.11 bits per heavy atom. The van der Waals surface area contributed by atoms with Gasteiger partial charge in [-0.2, -0.15) is 0 Å². The van der Waals surface area contributed by atoms with Gasteiger partial charge in [0, 0.05) is 50.1 Å². The molecule has 2 aliphatic rings. The zero-order valence-corrected chi connectivity index (χ0v) is 14.8. The Bertz CT molecular complexity index is 1010. The molecule has 3 aromatic rings. The average Bonchev–Trinajstić information content (AvgIpc) is 3.46. The quantitative estimate of drug-likeness (QED) is 0.709. The average molecular weight is 366 g/mol. The largest absolute Gasteiger partial charge is 0.350 e. The molecule has 0 radical (unpaired) electrons. The third-order valence-electron chi connectivity index (χ3n) is 5.21. The zero-order valence-electron chi connectivity index (χ0n) is 14.8. The maximum Gasteiger partial charge on any atom is 0.225 e. The highest BCUT2D eigenvalue weighted by molar-refractivity contribution is 5.81. The summed E-state index contributed by atoms with van der Waals surface area (Å²) in [6.07, 6.45) is 5.55. The number of benzene rings is 1. The Kier molecular flexibility index (Phi) is 3.77. The first kappa shape index (κ1) is 16.2. The van der Waals surface area contributed by atoms with Gasteiger partial charge in [0.2, 0.25) is 11.6 Å². The molecule has 0 atom stereocenters. The number of hydrogen-bond acceptors (Lipinski definition) is 5. The van der Waals surface area contributed by atoms with Gasteiger partial charge in [0.15, 0.2) is 11.6 Å². The molecule has 1 amide bonds. The lowest BCUT2D eigenvalue weighted by Gasteiger charge is -2.35. The van der Waals surface area contributed by atoms with Crippen LogP contribution in [0.4, 0.5) is 10.2 Å². The second-order valence-corrected chi connectivity index (χ2v) is 7.07. The van der Waals surface area contributed by atoms with Gasteiger partial charge in [-0.15, -0.1) is 10.2 Å². The molecule has 0 N–H and O–H groups in total. The number of amides is 1. The molecule has 1 aliphatic heterocycles. The number of fused-ring (bicyclic) bond motifs is 1. The van der Waals surface area contributed by atoms with Crippen LogP contribution in [0.15, 0.2) is 36.7 Å². The van der Waals surface area contributed by atoms with Crippen LogP contribution in [0.1, 0.15) is 12.8 Å². The van der Waals surface area contributed by atoms with E-state index in [0.29, 0.717) is 43.2 Å². The number of anilines is 1. The minimum atomic E-state index is -0.310. The maximum absolute atomic E-state index is 13.6. The lowest BCUT2D eigenvalue weighted by atomic mass is 10.2. The van der Waals surface area contributed by atoms with E-state index in [9.17, 15) is 9.18 Å². The summed E-state index contributed by atoms with van der Waals surface area (Å²) in [6, 6.07) is 6.31. The third-order valence-corrected chi connectivity index (χ3v) is 5.21. The Labute approximate surface area is 155 Å². The van der Waals surface area contributed by atoms with Crippen molar-refractivity contribution in [2.45, 2.75) is 12.8 Å². The van der Waals surface area contributed by atoms with Gasteiger partial charge in [-0.25, -0.2) is 9.37 Å². The van der Waals surface area contributed by atoms with Gasteiger partial charge in [0.05, 0.1) is 0 Å². The van der Waals surface area contributed by atoms with Crippen molar-refractivity contribution in [3.63, 3.8) is 0 Å². The summed E-state index contributed by atoms with van der Waals surface area (Å²) in [5.41, 5.74) is 1.30. The number of hydrogen-bond donors (Lipinski definition) is 0. The minimum Gasteiger partial charge on any atom is -0.350 e. The molecule has 138 valence electrons. The van der Waals surface area contributed by atoms with E-state index in [2.05, 4.69) is 20.1 Å². The van der Waals surface area contributed by atoms with Crippen molar-refractivity contribution in [1.82, 2.24) is 24.5 Å². The predicted molar refractivity (Wildman–Crippen MR) is 97.7 cm³/mol. The molecule has 2 aromatic heterocycles. The normalized spacial score (nSPS) is 17.5. The number of nitrogens with zero attached hydrogens (tertiary/aromatic N) is 6. The van der Waals surface area contributed by atoms with E-state index in [4.69, 9.17) is 0 Å². The number of rotatable bonds is 3. The lowest BCUT2D eigenvalue weighted by molar-refractivity contribution is -0.132. The summed E-state index contributed by atoms with van der Waals surface area (Å²) >= 11 is 0. The van der Waals surface area contributed by atoms with E-state index in [-0.39, 0.29) is 17.6 Å². The van der Waals surface area contributed by atoms with Gasteiger partial charge in [-0.05, 0) is 25.0 Å². The highest BCUT2D eigenvalue weighted by atomic mass is 19.1. The van der Waals surface area contributed by atoms with Gasteiger partial charge in [0.25, 0.3) is 0 Å². The second kappa shape index (κ2) is 6.29. The first-order valence-electron chi connectivity index (χ1n) is 9.20. The molecule has 0 unspecified atom stereocenters. The van der Waals surface area contributed by atoms with Crippen molar-refractivity contribution in [3.8, 4) is 11.4 Å². The van der Waals surface area contributed by atoms with Crippen LogP contribution in [0.3, 0.4) is 0 Å². The monoisotopic (exact) mass is 366 g/mol. The van der Waals surface area contributed by atoms with Crippen molar-refractivity contribution < 1.29 is 9.18 Å². The lowest BCUT2D eigenvalue weighted by Crippen LogP contribution is -2.49. The Morgan fingerprint density at radius 2 is 1.93 bits per heavy atom. The van der Waals surface area contributed by atoms with Crippen molar-refractivity contribution >= 4 is 17.4 Å². The van der Waals surface area contributed by atoms with Crippen LogP contribution in [0.25, 0.3) is 17.0 Å². The van der Waals surface area contributed by atoms with Crippen LogP contribution < -0.4 is 4.90 Å². The Balaban J connectivity index is 1.42. The van der Waals surface area contributed by atoms with Crippen LogP contribution in [0, 0.1) is 11.7 Å². The van der Waals surface area contributed by atoms with Gasteiger partial charge in [-0.3, -0.25) is 9.20 Å². The Morgan fingerprint density at radius 3 is 2.67 bits per heavy atom. The number of halogens is 1. The molecule has 0 bridgehead atoms. The predicted octanol–water partition coefficient (Wildman–Crippen LogP) is 1.99. The first-order valence-corrected chi connectivity index (χ1v) is 9.20. The van der Waals surface area contributed by atoms with Crippen LogP contribution >= 0.6 is 0 Å². The Hall–Kier alpha value is -3.03. The first-order chi connectivity index (χ1) is 13.2. The van der Waals surface area contributed by atoms with Crippen molar-refractivity contribution in [1.29, 1.82) is 0 Å². The third kappa shape index (κ3) is 2.90. The van der Waals surface area contributed by atoms with Gasteiger partial charge < -0.3 is 9.80 Å². The molecule has 2 fully saturated rings. The molecule has 8 heteroatoms. The van der Waals surface area contributed by atoms with E-state index >= 15 is 0 Å².